The Kier molecular flexibility index (Phi) is 3.87. The summed E-state index contributed by atoms with van der Waals surface area (Å²) < 4.78 is 65.0. The number of sulfonamides is 1. The van der Waals surface area contributed by atoms with Crippen LogP contribution in [-0.4, -0.2) is 13.4 Å². The fourth-order valence-electron chi connectivity index (χ4n) is 1.39. The molecule has 0 radical (unpaired) electrons. The maximum absolute atomic E-state index is 13.4. The van der Waals surface area contributed by atoms with E-state index in [1.54, 1.807) is 4.72 Å². The number of nitrogens with zero attached hydrogens (tertiary/aromatic N) is 1. The molecular weight excluding hydrogens is 317 g/mol. The summed E-state index contributed by atoms with van der Waals surface area (Å²) >= 11 is 5.68. The summed E-state index contributed by atoms with van der Waals surface area (Å²) in [4.78, 5) is 3.13. The van der Waals surface area contributed by atoms with E-state index in [1.807, 2.05) is 0 Å². The molecule has 1 aromatic heterocycles. The maximum atomic E-state index is 13.4. The second-order valence-electron chi connectivity index (χ2n) is 3.66. The van der Waals surface area contributed by atoms with Crippen molar-refractivity contribution in [1.82, 2.24) is 4.98 Å². The van der Waals surface area contributed by atoms with Gasteiger partial charge in [0.15, 0.2) is 11.6 Å². The van der Waals surface area contributed by atoms with E-state index in [0.717, 1.165) is 6.20 Å². The van der Waals surface area contributed by atoms with Crippen LogP contribution >= 0.6 is 11.6 Å². The maximum Gasteiger partial charge on any atom is 0.265 e. The summed E-state index contributed by atoms with van der Waals surface area (Å²) in [5.74, 6) is -4.16. The van der Waals surface area contributed by atoms with Gasteiger partial charge in [0.25, 0.3) is 10.0 Å². The van der Waals surface area contributed by atoms with Crippen LogP contribution in [0.15, 0.2) is 35.5 Å². The highest BCUT2D eigenvalue weighted by Gasteiger charge is 2.21. The predicted octanol–water partition coefficient (Wildman–Crippen LogP) is 2.95. The summed E-state index contributed by atoms with van der Waals surface area (Å²) in [7, 11) is -4.32. The van der Waals surface area contributed by atoms with Gasteiger partial charge in [0.1, 0.15) is 10.7 Å². The molecule has 0 bridgehead atoms. The third-order valence-corrected chi connectivity index (χ3v) is 4.10. The normalized spacial score (nSPS) is 11.4. The predicted molar refractivity (Wildman–Crippen MR) is 66.4 cm³/mol. The van der Waals surface area contributed by atoms with E-state index in [9.17, 15) is 21.6 Å². The van der Waals surface area contributed by atoms with E-state index in [2.05, 4.69) is 4.98 Å². The average Bonchev–Trinajstić information content (AvgIpc) is 2.35. The third-order valence-electron chi connectivity index (χ3n) is 2.26. The van der Waals surface area contributed by atoms with Crippen molar-refractivity contribution in [2.75, 3.05) is 4.72 Å². The molecule has 1 N–H and O–H groups in total. The Balaban J connectivity index is 2.47. The quantitative estimate of drug-likeness (QED) is 0.884. The van der Waals surface area contributed by atoms with Crippen LogP contribution in [0.3, 0.4) is 0 Å². The number of nitrogens with one attached hydrogen (secondary N) is 1. The molecule has 2 aromatic rings. The number of benzene rings is 1. The number of hydrogen-bond acceptors (Lipinski definition) is 3. The SMILES string of the molecule is O=S(=O)(Nc1cc(F)cc(F)c1F)c1cnccc1Cl. The lowest BCUT2D eigenvalue weighted by atomic mass is 10.3. The number of aromatic nitrogens is 1. The van der Waals surface area contributed by atoms with Gasteiger partial charge in [-0.25, -0.2) is 21.6 Å². The van der Waals surface area contributed by atoms with Gasteiger partial charge < -0.3 is 0 Å². The highest BCUT2D eigenvalue weighted by molar-refractivity contribution is 7.92. The van der Waals surface area contributed by atoms with Crippen molar-refractivity contribution in [3.8, 4) is 0 Å². The highest BCUT2D eigenvalue weighted by Crippen LogP contribution is 2.25. The third kappa shape index (κ3) is 2.86. The molecule has 0 aliphatic heterocycles. The molecule has 9 heteroatoms. The van der Waals surface area contributed by atoms with Crippen LogP contribution in [0.4, 0.5) is 18.9 Å². The Morgan fingerprint density at radius 1 is 1.20 bits per heavy atom. The topological polar surface area (TPSA) is 59.1 Å². The standard InChI is InChI=1S/C11H6ClF3N2O2S/c12-7-1-2-16-5-10(7)20(18,19)17-9-4-6(13)3-8(14)11(9)15/h1-5,17H. The second-order valence-corrected chi connectivity index (χ2v) is 5.72. The smallest absolute Gasteiger partial charge is 0.265 e. The molecule has 0 aliphatic carbocycles. The molecule has 0 atom stereocenters. The molecule has 1 aromatic carbocycles. The van der Waals surface area contributed by atoms with E-state index >= 15 is 0 Å². The van der Waals surface area contributed by atoms with Crippen molar-refractivity contribution in [2.24, 2.45) is 0 Å². The van der Waals surface area contributed by atoms with E-state index in [-0.39, 0.29) is 5.02 Å². The van der Waals surface area contributed by atoms with Crippen LogP contribution in [0.5, 0.6) is 0 Å². The van der Waals surface area contributed by atoms with Crippen molar-refractivity contribution in [1.29, 1.82) is 0 Å². The van der Waals surface area contributed by atoms with Crippen molar-refractivity contribution in [2.45, 2.75) is 4.90 Å². The Bertz CT molecular complexity index is 768. The zero-order chi connectivity index (χ0) is 14.9. The number of hydrogen-bond donors (Lipinski definition) is 1. The van der Waals surface area contributed by atoms with Gasteiger partial charge in [-0.2, -0.15) is 0 Å². The Hall–Kier alpha value is -1.80. The van der Waals surface area contributed by atoms with Gasteiger partial charge in [-0.15, -0.1) is 0 Å². The van der Waals surface area contributed by atoms with Crippen molar-refractivity contribution in [3.63, 3.8) is 0 Å². The summed E-state index contributed by atoms with van der Waals surface area (Å²) in [6.45, 7) is 0. The van der Waals surface area contributed by atoms with Crippen molar-refractivity contribution in [3.05, 3.63) is 53.1 Å². The summed E-state index contributed by atoms with van der Waals surface area (Å²) in [6, 6.07) is 2.02. The molecule has 106 valence electrons. The van der Waals surface area contributed by atoms with Gasteiger partial charge in [0.05, 0.1) is 10.7 Å². The van der Waals surface area contributed by atoms with Gasteiger partial charge in [-0.05, 0) is 6.07 Å². The van der Waals surface area contributed by atoms with Crippen LogP contribution in [-0.2, 0) is 10.0 Å². The first-order valence-electron chi connectivity index (χ1n) is 5.08. The first kappa shape index (κ1) is 14.6. The lowest BCUT2D eigenvalue weighted by Gasteiger charge is -2.10. The lowest BCUT2D eigenvalue weighted by molar-refractivity contribution is 0.498. The minimum atomic E-state index is -4.32. The van der Waals surface area contributed by atoms with Crippen molar-refractivity contribution >= 4 is 27.3 Å². The molecule has 1 heterocycles. The summed E-state index contributed by atoms with van der Waals surface area (Å²) in [6.07, 6.45) is 2.18. The van der Waals surface area contributed by atoms with Crippen LogP contribution in [0, 0.1) is 17.5 Å². The zero-order valence-corrected chi connectivity index (χ0v) is 11.1. The first-order chi connectivity index (χ1) is 9.31. The van der Waals surface area contributed by atoms with Gasteiger partial charge >= 0.3 is 0 Å². The van der Waals surface area contributed by atoms with Gasteiger partial charge in [-0.3, -0.25) is 9.71 Å². The van der Waals surface area contributed by atoms with Crippen LogP contribution in [0.2, 0.25) is 5.02 Å². The average molecular weight is 323 g/mol. The Morgan fingerprint density at radius 2 is 1.90 bits per heavy atom. The summed E-state index contributed by atoms with van der Waals surface area (Å²) in [5, 5.41) is -0.162. The fraction of sp³-hybridized carbons (Fsp3) is 0. The van der Waals surface area contributed by atoms with E-state index in [1.165, 1.54) is 12.3 Å². The number of halogens is 4. The molecule has 0 fully saturated rings. The van der Waals surface area contributed by atoms with Crippen LogP contribution in [0.1, 0.15) is 0 Å². The first-order valence-corrected chi connectivity index (χ1v) is 6.94. The van der Waals surface area contributed by atoms with Crippen molar-refractivity contribution < 1.29 is 21.6 Å². The van der Waals surface area contributed by atoms with Crippen LogP contribution in [0.25, 0.3) is 0 Å². The van der Waals surface area contributed by atoms with Crippen LogP contribution < -0.4 is 4.72 Å². The highest BCUT2D eigenvalue weighted by atomic mass is 35.5. The number of pyridine rings is 1. The molecule has 0 amide bonds. The monoisotopic (exact) mass is 322 g/mol. The minimum absolute atomic E-state index is 0.162. The van der Waals surface area contributed by atoms with E-state index in [0.29, 0.717) is 12.1 Å². The molecule has 0 aliphatic rings. The molecular formula is C11H6ClF3N2O2S. The molecule has 0 saturated carbocycles. The van der Waals surface area contributed by atoms with Gasteiger partial charge in [0.2, 0.25) is 0 Å². The lowest BCUT2D eigenvalue weighted by Crippen LogP contribution is -2.15. The Labute approximate surface area is 117 Å². The molecule has 0 spiro atoms. The van der Waals surface area contributed by atoms with Gasteiger partial charge in [-0.1, -0.05) is 11.6 Å². The Morgan fingerprint density at radius 3 is 2.55 bits per heavy atom. The van der Waals surface area contributed by atoms with E-state index < -0.39 is 38.1 Å². The molecule has 0 unspecified atom stereocenters. The van der Waals surface area contributed by atoms with Gasteiger partial charge in [0, 0.05) is 24.5 Å². The molecule has 0 saturated heterocycles. The zero-order valence-electron chi connectivity index (χ0n) is 9.57. The molecule has 2 rings (SSSR count). The van der Waals surface area contributed by atoms with E-state index in [4.69, 9.17) is 11.6 Å². The fourth-order valence-corrected chi connectivity index (χ4v) is 2.87. The second kappa shape index (κ2) is 5.29. The molecule has 4 nitrogen and oxygen atoms in total. The molecule has 20 heavy (non-hydrogen) atoms. The minimum Gasteiger partial charge on any atom is -0.276 e. The number of rotatable bonds is 3. The largest absolute Gasteiger partial charge is 0.276 e. The summed E-state index contributed by atoms with van der Waals surface area (Å²) in [5.41, 5.74) is -0.859. The number of anilines is 1.